The zero-order valence-electron chi connectivity index (χ0n) is 19.2. The summed E-state index contributed by atoms with van der Waals surface area (Å²) in [7, 11) is 1.80. The van der Waals surface area contributed by atoms with Gasteiger partial charge >= 0.3 is 0 Å². The molecule has 2 aromatic carbocycles. The predicted molar refractivity (Wildman–Crippen MR) is 134 cm³/mol. The van der Waals surface area contributed by atoms with Gasteiger partial charge in [-0.15, -0.1) is 0 Å². The van der Waals surface area contributed by atoms with Gasteiger partial charge in [0.15, 0.2) is 0 Å². The van der Waals surface area contributed by atoms with Crippen LogP contribution in [0.25, 0.3) is 0 Å². The number of thiophene rings is 1. The van der Waals surface area contributed by atoms with Gasteiger partial charge in [-0.25, -0.2) is 0 Å². The molecule has 1 saturated heterocycles. The molecule has 1 aromatic heterocycles. The van der Waals surface area contributed by atoms with E-state index in [4.69, 9.17) is 4.74 Å². The van der Waals surface area contributed by atoms with Crippen LogP contribution in [0.1, 0.15) is 52.4 Å². The van der Waals surface area contributed by atoms with Crippen molar-refractivity contribution in [2.24, 2.45) is 0 Å². The molecule has 0 unspecified atom stereocenters. The number of hydrogen-bond donors (Lipinski definition) is 1. The Balaban J connectivity index is 1.29. The van der Waals surface area contributed by atoms with E-state index in [9.17, 15) is 4.79 Å². The number of ether oxygens (including phenoxy) is 1. The fourth-order valence-electron chi connectivity index (χ4n) is 5.87. The first-order chi connectivity index (χ1) is 16.2. The number of carbonyl (C=O) groups excluding carboxylic acids is 1. The van der Waals surface area contributed by atoms with Gasteiger partial charge in [0.25, 0.3) is 5.91 Å². The number of hydrogen-bond acceptors (Lipinski definition) is 4. The number of benzene rings is 2. The summed E-state index contributed by atoms with van der Waals surface area (Å²) < 4.78 is 6.16. The highest BCUT2D eigenvalue weighted by atomic mass is 32.1. The van der Waals surface area contributed by atoms with Crippen molar-refractivity contribution in [1.82, 2.24) is 10.2 Å². The lowest BCUT2D eigenvalue weighted by atomic mass is 9.72. The van der Waals surface area contributed by atoms with Crippen molar-refractivity contribution in [1.29, 1.82) is 0 Å². The molecule has 4 nitrogen and oxygen atoms in total. The third-order valence-corrected chi connectivity index (χ3v) is 8.22. The molecule has 1 aliphatic heterocycles. The monoisotopic (exact) mass is 460 g/mol. The van der Waals surface area contributed by atoms with Crippen molar-refractivity contribution in [3.8, 4) is 0 Å². The second kappa shape index (κ2) is 9.80. The summed E-state index contributed by atoms with van der Waals surface area (Å²) in [6.07, 6.45) is 4.37. The summed E-state index contributed by atoms with van der Waals surface area (Å²) in [5.74, 6) is -0.0199. The van der Waals surface area contributed by atoms with E-state index in [1.54, 1.807) is 18.4 Å². The smallest absolute Gasteiger partial charge is 0.252 e. The Bertz CT molecular complexity index is 1060. The van der Waals surface area contributed by atoms with Gasteiger partial charge < -0.3 is 15.0 Å². The number of carbonyl (C=O) groups is 1. The Morgan fingerprint density at radius 1 is 1.09 bits per heavy atom. The lowest BCUT2D eigenvalue weighted by molar-refractivity contribution is -0.0112. The quantitative estimate of drug-likeness (QED) is 0.526. The number of fused-ring (bicyclic) bond motifs is 2. The predicted octanol–water partition coefficient (Wildman–Crippen LogP) is 5.21. The van der Waals surface area contributed by atoms with E-state index in [1.165, 1.54) is 23.1 Å². The van der Waals surface area contributed by atoms with E-state index >= 15 is 0 Å². The lowest BCUT2D eigenvalue weighted by Crippen LogP contribution is -2.50. The molecule has 33 heavy (non-hydrogen) atoms. The summed E-state index contributed by atoms with van der Waals surface area (Å²) in [6.45, 7) is 3.25. The highest BCUT2D eigenvalue weighted by molar-refractivity contribution is 7.08. The zero-order valence-corrected chi connectivity index (χ0v) is 20.0. The number of nitrogens with zero attached hydrogens (tertiary/aromatic N) is 1. The molecule has 5 heteroatoms. The molecule has 1 fully saturated rings. The number of nitrogens with one attached hydrogen (secondary N) is 1. The molecule has 1 spiro atoms. The van der Waals surface area contributed by atoms with Crippen molar-refractivity contribution < 1.29 is 9.53 Å². The fraction of sp³-hybridized carbons (Fsp3) is 0.393. The number of aryl methyl sites for hydroxylation is 1. The van der Waals surface area contributed by atoms with Gasteiger partial charge in [0.05, 0.1) is 17.7 Å². The molecule has 1 amide bonds. The molecule has 0 saturated carbocycles. The van der Waals surface area contributed by atoms with Crippen LogP contribution < -0.4 is 5.32 Å². The van der Waals surface area contributed by atoms with E-state index < -0.39 is 0 Å². The molecule has 0 radical (unpaired) electrons. The van der Waals surface area contributed by atoms with Crippen LogP contribution in [0.5, 0.6) is 0 Å². The van der Waals surface area contributed by atoms with Gasteiger partial charge in [-0.3, -0.25) is 4.79 Å². The number of amides is 1. The number of rotatable bonds is 7. The van der Waals surface area contributed by atoms with Crippen LogP contribution in [0.4, 0.5) is 0 Å². The molecule has 3 aromatic rings. The maximum atomic E-state index is 12.9. The average Bonchev–Trinajstić information content (AvgIpc) is 3.48. The van der Waals surface area contributed by atoms with Crippen molar-refractivity contribution >= 4 is 17.2 Å². The zero-order chi connectivity index (χ0) is 22.7. The molecular formula is C28H32N2O2S. The lowest BCUT2D eigenvalue weighted by Gasteiger charge is -2.44. The normalized spacial score (nSPS) is 21.7. The third-order valence-electron chi connectivity index (χ3n) is 7.53. The summed E-state index contributed by atoms with van der Waals surface area (Å²) >= 11 is 1.55. The molecule has 1 N–H and O–H groups in total. The second-order valence-corrected chi connectivity index (χ2v) is 10.1. The van der Waals surface area contributed by atoms with Crippen LogP contribution >= 0.6 is 11.3 Å². The minimum absolute atomic E-state index is 0.0199. The maximum Gasteiger partial charge on any atom is 0.252 e. The topological polar surface area (TPSA) is 41.6 Å². The highest BCUT2D eigenvalue weighted by Gasteiger charge is 2.53. The number of likely N-dealkylation sites (tertiary alicyclic amines) is 1. The van der Waals surface area contributed by atoms with Crippen molar-refractivity contribution in [2.45, 2.75) is 43.2 Å². The Labute approximate surface area is 200 Å². The molecular weight excluding hydrogens is 428 g/mol. The van der Waals surface area contributed by atoms with Crippen LogP contribution in [-0.4, -0.2) is 43.7 Å². The van der Waals surface area contributed by atoms with Crippen molar-refractivity contribution in [2.75, 3.05) is 26.7 Å². The molecule has 1 aliphatic carbocycles. The van der Waals surface area contributed by atoms with E-state index in [0.717, 1.165) is 44.5 Å². The first kappa shape index (κ1) is 22.3. The molecule has 2 heterocycles. The molecule has 2 atom stereocenters. The standard InChI is InChI=1S/C28H32N2O2S/c1-32-26-25(29-27(31)22-13-19-33-20-22)23-11-5-6-12-24(23)28(26)14-17-30(18-15-28)16-7-10-21-8-3-2-4-9-21/h2-6,8-9,11-13,19-20,25-26H,7,10,14-18H2,1H3,(H,29,31)/t25-,26+/m1/s1. The Morgan fingerprint density at radius 2 is 1.85 bits per heavy atom. The van der Waals surface area contributed by atoms with Crippen molar-refractivity contribution in [3.05, 3.63) is 93.7 Å². The fourth-order valence-corrected chi connectivity index (χ4v) is 6.51. The van der Waals surface area contributed by atoms with Crippen LogP contribution in [0.2, 0.25) is 0 Å². The minimum atomic E-state index is -0.122. The first-order valence-electron chi connectivity index (χ1n) is 11.9. The van der Waals surface area contributed by atoms with Gasteiger partial charge in [-0.1, -0.05) is 54.6 Å². The van der Waals surface area contributed by atoms with Crippen LogP contribution in [0, 0.1) is 0 Å². The van der Waals surface area contributed by atoms with E-state index in [1.807, 2.05) is 16.8 Å². The summed E-state index contributed by atoms with van der Waals surface area (Å²) in [5, 5.41) is 7.15. The van der Waals surface area contributed by atoms with Gasteiger partial charge in [-0.2, -0.15) is 11.3 Å². The largest absolute Gasteiger partial charge is 0.378 e. The summed E-state index contributed by atoms with van der Waals surface area (Å²) in [6, 6.07) is 21.1. The SMILES string of the molecule is CO[C@H]1[C@H](NC(=O)c2ccsc2)c2ccccc2C12CCN(CCCc1ccccc1)CC2. The van der Waals surface area contributed by atoms with E-state index in [2.05, 4.69) is 64.8 Å². The van der Waals surface area contributed by atoms with Gasteiger partial charge in [-0.05, 0) is 73.5 Å². The van der Waals surface area contributed by atoms with Crippen molar-refractivity contribution in [3.63, 3.8) is 0 Å². The number of piperidine rings is 1. The molecule has 2 aliphatic rings. The van der Waals surface area contributed by atoms with Gasteiger partial charge in [0.2, 0.25) is 0 Å². The minimum Gasteiger partial charge on any atom is -0.378 e. The second-order valence-electron chi connectivity index (χ2n) is 9.29. The molecule has 0 bridgehead atoms. The van der Waals surface area contributed by atoms with Crippen LogP contribution in [0.15, 0.2) is 71.4 Å². The first-order valence-corrected chi connectivity index (χ1v) is 12.9. The Morgan fingerprint density at radius 3 is 2.58 bits per heavy atom. The Kier molecular flexibility index (Phi) is 6.63. The van der Waals surface area contributed by atoms with E-state index in [-0.39, 0.29) is 23.5 Å². The maximum absolute atomic E-state index is 12.9. The molecule has 5 rings (SSSR count). The van der Waals surface area contributed by atoms with Crippen LogP contribution in [0.3, 0.4) is 0 Å². The van der Waals surface area contributed by atoms with Crippen LogP contribution in [-0.2, 0) is 16.6 Å². The molecule has 172 valence electrons. The Hall–Kier alpha value is -2.47. The number of methoxy groups -OCH3 is 1. The average molecular weight is 461 g/mol. The van der Waals surface area contributed by atoms with Gasteiger partial charge in [0, 0.05) is 17.9 Å². The summed E-state index contributed by atoms with van der Waals surface area (Å²) in [5.41, 5.74) is 4.66. The van der Waals surface area contributed by atoms with E-state index in [0.29, 0.717) is 0 Å². The van der Waals surface area contributed by atoms with Gasteiger partial charge in [0.1, 0.15) is 0 Å². The summed E-state index contributed by atoms with van der Waals surface area (Å²) in [4.78, 5) is 15.5. The third kappa shape index (κ3) is 4.37. The highest BCUT2D eigenvalue weighted by Crippen LogP contribution is 2.52.